The smallest absolute Gasteiger partial charge is 0.250 e. The Labute approximate surface area is 125 Å². The Bertz CT molecular complexity index is 686. The molecule has 0 fully saturated rings. The molecule has 2 amide bonds. The second-order valence-electron chi connectivity index (χ2n) is 4.28. The zero-order chi connectivity index (χ0) is 15.4. The van der Waals surface area contributed by atoms with Crippen molar-refractivity contribution < 1.29 is 9.59 Å². The van der Waals surface area contributed by atoms with E-state index in [1.54, 1.807) is 18.2 Å². The molecule has 5 N–H and O–H groups in total. The summed E-state index contributed by atoms with van der Waals surface area (Å²) >= 11 is 1.37. The highest BCUT2D eigenvalue weighted by atomic mass is 32.2. The van der Waals surface area contributed by atoms with Crippen LogP contribution in [-0.4, -0.2) is 16.8 Å². The number of rotatable bonds is 4. The van der Waals surface area contributed by atoms with Crippen molar-refractivity contribution in [1.82, 2.24) is 4.98 Å². The number of hydrogen-bond donors (Lipinski definition) is 3. The van der Waals surface area contributed by atoms with Crippen LogP contribution in [0.25, 0.3) is 0 Å². The lowest BCUT2D eigenvalue weighted by Gasteiger charge is -2.06. The van der Waals surface area contributed by atoms with E-state index < -0.39 is 5.91 Å². The lowest BCUT2D eigenvalue weighted by molar-refractivity contribution is -0.114. The Morgan fingerprint density at radius 1 is 1.24 bits per heavy atom. The van der Waals surface area contributed by atoms with Crippen LogP contribution in [0.3, 0.4) is 0 Å². The highest BCUT2D eigenvalue weighted by Gasteiger charge is 2.09. The molecule has 0 saturated heterocycles. The number of nitrogen functional groups attached to an aromatic ring is 1. The van der Waals surface area contributed by atoms with Gasteiger partial charge >= 0.3 is 0 Å². The van der Waals surface area contributed by atoms with Gasteiger partial charge in [-0.3, -0.25) is 9.59 Å². The quantitative estimate of drug-likeness (QED) is 0.798. The lowest BCUT2D eigenvalue weighted by Crippen LogP contribution is -2.13. The molecule has 1 aromatic carbocycles. The van der Waals surface area contributed by atoms with E-state index in [-0.39, 0.29) is 17.2 Å². The molecule has 7 heteroatoms. The Morgan fingerprint density at radius 3 is 2.48 bits per heavy atom. The summed E-state index contributed by atoms with van der Waals surface area (Å²) in [4.78, 5) is 27.2. The molecule has 2 rings (SSSR count). The first-order chi connectivity index (χ1) is 9.95. The van der Waals surface area contributed by atoms with Crippen molar-refractivity contribution in [3.05, 3.63) is 42.1 Å². The predicted octanol–water partition coefficient (Wildman–Crippen LogP) is 1.87. The minimum Gasteiger partial charge on any atom is -0.397 e. The summed E-state index contributed by atoms with van der Waals surface area (Å²) in [5.41, 5.74) is 12.1. The maximum absolute atomic E-state index is 11.2. The molecule has 0 unspecified atom stereocenters. The topological polar surface area (TPSA) is 111 Å². The van der Waals surface area contributed by atoms with Gasteiger partial charge < -0.3 is 16.8 Å². The first-order valence-electron chi connectivity index (χ1n) is 6.06. The van der Waals surface area contributed by atoms with E-state index in [4.69, 9.17) is 11.5 Å². The van der Waals surface area contributed by atoms with Crippen molar-refractivity contribution in [2.45, 2.75) is 16.8 Å². The van der Waals surface area contributed by atoms with E-state index in [2.05, 4.69) is 10.3 Å². The van der Waals surface area contributed by atoms with Gasteiger partial charge in [-0.1, -0.05) is 11.8 Å². The van der Waals surface area contributed by atoms with E-state index >= 15 is 0 Å². The van der Waals surface area contributed by atoms with Gasteiger partial charge in [-0.05, 0) is 30.3 Å². The van der Waals surface area contributed by atoms with Gasteiger partial charge in [-0.25, -0.2) is 4.98 Å². The number of amides is 2. The molecule has 21 heavy (non-hydrogen) atoms. The Hall–Kier alpha value is -2.54. The first-order valence-corrected chi connectivity index (χ1v) is 6.88. The normalized spacial score (nSPS) is 10.1. The minimum atomic E-state index is -0.585. The Balaban J connectivity index is 2.16. The summed E-state index contributed by atoms with van der Waals surface area (Å²) in [6.45, 7) is 1.45. The van der Waals surface area contributed by atoms with Crippen molar-refractivity contribution in [3.8, 4) is 0 Å². The fourth-order valence-corrected chi connectivity index (χ4v) is 2.44. The highest BCUT2D eigenvalue weighted by molar-refractivity contribution is 7.99. The summed E-state index contributed by atoms with van der Waals surface area (Å²) in [6, 6.07) is 8.83. The molecule has 2 aromatic rings. The number of pyridine rings is 1. The van der Waals surface area contributed by atoms with Crippen LogP contribution >= 0.6 is 11.8 Å². The minimum absolute atomic E-state index is 0.123. The zero-order valence-corrected chi connectivity index (χ0v) is 12.1. The SMILES string of the molecule is CC(=O)Nc1ccc(Sc2cc(C(N)=O)c(N)cn2)cc1. The predicted molar refractivity (Wildman–Crippen MR) is 82.0 cm³/mol. The van der Waals surface area contributed by atoms with Gasteiger partial charge in [0.05, 0.1) is 17.4 Å². The van der Waals surface area contributed by atoms with Crippen LogP contribution < -0.4 is 16.8 Å². The molecule has 1 heterocycles. The molecule has 0 saturated carbocycles. The number of aromatic nitrogens is 1. The fraction of sp³-hybridized carbons (Fsp3) is 0.0714. The van der Waals surface area contributed by atoms with Gasteiger partial charge in [0.1, 0.15) is 5.03 Å². The van der Waals surface area contributed by atoms with Gasteiger partial charge in [-0.2, -0.15) is 0 Å². The largest absolute Gasteiger partial charge is 0.397 e. The molecule has 0 radical (unpaired) electrons. The standard InChI is InChI=1S/C14H14N4O2S/c1-8(19)18-9-2-4-10(5-3-9)21-13-6-11(14(16)20)12(15)7-17-13/h2-7H,15H2,1H3,(H2,16,20)(H,18,19). The molecule has 108 valence electrons. The molecule has 0 atom stereocenters. The maximum Gasteiger partial charge on any atom is 0.250 e. The maximum atomic E-state index is 11.2. The Kier molecular flexibility index (Phi) is 4.44. The van der Waals surface area contributed by atoms with Gasteiger partial charge in [0.2, 0.25) is 5.91 Å². The summed E-state index contributed by atoms with van der Waals surface area (Å²) in [5.74, 6) is -0.709. The molecular weight excluding hydrogens is 288 g/mol. The number of primary amides is 1. The number of nitrogens with zero attached hydrogens (tertiary/aromatic N) is 1. The second kappa shape index (κ2) is 6.27. The number of carbonyl (C=O) groups is 2. The average molecular weight is 302 g/mol. The van der Waals surface area contributed by atoms with Gasteiger partial charge in [0, 0.05) is 17.5 Å². The Morgan fingerprint density at radius 2 is 1.90 bits per heavy atom. The number of nitrogens with two attached hydrogens (primary N) is 2. The zero-order valence-electron chi connectivity index (χ0n) is 11.3. The van der Waals surface area contributed by atoms with E-state index in [0.717, 1.165) is 10.6 Å². The van der Waals surface area contributed by atoms with Crippen LogP contribution in [0.1, 0.15) is 17.3 Å². The van der Waals surface area contributed by atoms with E-state index in [1.165, 1.54) is 24.9 Å². The monoisotopic (exact) mass is 302 g/mol. The van der Waals surface area contributed by atoms with E-state index in [1.807, 2.05) is 12.1 Å². The van der Waals surface area contributed by atoms with Crippen LogP contribution in [-0.2, 0) is 4.79 Å². The van der Waals surface area contributed by atoms with Crippen molar-refractivity contribution in [1.29, 1.82) is 0 Å². The van der Waals surface area contributed by atoms with Crippen LogP contribution in [0.2, 0.25) is 0 Å². The number of hydrogen-bond acceptors (Lipinski definition) is 5. The van der Waals surface area contributed by atoms with Crippen molar-refractivity contribution in [3.63, 3.8) is 0 Å². The molecule has 6 nitrogen and oxygen atoms in total. The van der Waals surface area contributed by atoms with Gasteiger partial charge in [0.15, 0.2) is 0 Å². The number of anilines is 2. The summed E-state index contributed by atoms with van der Waals surface area (Å²) in [7, 11) is 0. The molecule has 0 aliphatic heterocycles. The summed E-state index contributed by atoms with van der Waals surface area (Å²) in [5, 5.41) is 3.30. The second-order valence-corrected chi connectivity index (χ2v) is 5.38. The molecule has 1 aromatic heterocycles. The van der Waals surface area contributed by atoms with Crippen LogP contribution in [0.4, 0.5) is 11.4 Å². The summed E-state index contributed by atoms with van der Waals surface area (Å²) in [6.07, 6.45) is 1.41. The first kappa shape index (κ1) is 14.9. The van der Waals surface area contributed by atoms with Crippen LogP contribution in [0.5, 0.6) is 0 Å². The number of benzene rings is 1. The third-order valence-corrected chi connectivity index (χ3v) is 3.51. The van der Waals surface area contributed by atoms with Crippen molar-refractivity contribution in [2.75, 3.05) is 11.1 Å². The number of nitrogens with one attached hydrogen (secondary N) is 1. The third kappa shape index (κ3) is 3.96. The van der Waals surface area contributed by atoms with Gasteiger partial charge in [0.25, 0.3) is 5.91 Å². The molecule has 0 bridgehead atoms. The van der Waals surface area contributed by atoms with Crippen LogP contribution in [0, 0.1) is 0 Å². The van der Waals surface area contributed by atoms with Crippen LogP contribution in [0.15, 0.2) is 46.5 Å². The van der Waals surface area contributed by atoms with E-state index in [0.29, 0.717) is 5.03 Å². The highest BCUT2D eigenvalue weighted by Crippen LogP contribution is 2.28. The van der Waals surface area contributed by atoms with Gasteiger partial charge in [-0.15, -0.1) is 0 Å². The van der Waals surface area contributed by atoms with Crippen molar-refractivity contribution in [2.24, 2.45) is 5.73 Å². The number of carbonyl (C=O) groups excluding carboxylic acids is 2. The van der Waals surface area contributed by atoms with Crippen molar-refractivity contribution >= 4 is 35.0 Å². The molecule has 0 aliphatic rings. The molecule has 0 aliphatic carbocycles. The summed E-state index contributed by atoms with van der Waals surface area (Å²) < 4.78 is 0. The third-order valence-electron chi connectivity index (χ3n) is 2.57. The fourth-order valence-electron chi connectivity index (χ4n) is 1.65. The molecular formula is C14H14N4O2S. The average Bonchev–Trinajstić information content (AvgIpc) is 2.42. The molecule has 0 spiro atoms. The lowest BCUT2D eigenvalue weighted by atomic mass is 10.2. The van der Waals surface area contributed by atoms with E-state index in [9.17, 15) is 9.59 Å².